The average molecular weight is 455 g/mol. The third kappa shape index (κ3) is 4.40. The third-order valence-electron chi connectivity index (χ3n) is 6.13. The standard InChI is InChI=1S/C26H26N6O2/c1-31-13-15-32(16-14-31)21-11-5-10-20-22(21)23(18-7-3-2-4-8-18)29-24(26(34)28-20)30-25(33)19-9-6-12-27-17-19/h2-12,17,24H,13-16H2,1H3,(H,28,34)(H,30,33). The lowest BCUT2D eigenvalue weighted by Crippen LogP contribution is -2.45. The molecule has 5 rings (SSSR count). The summed E-state index contributed by atoms with van der Waals surface area (Å²) in [6, 6.07) is 19.0. The van der Waals surface area contributed by atoms with Gasteiger partial charge in [-0.05, 0) is 31.3 Å². The van der Waals surface area contributed by atoms with Crippen molar-refractivity contribution in [3.05, 3.63) is 89.7 Å². The number of hydrogen-bond donors (Lipinski definition) is 2. The molecule has 2 aliphatic heterocycles. The lowest BCUT2D eigenvalue weighted by molar-refractivity contribution is -0.117. The zero-order valence-corrected chi connectivity index (χ0v) is 18.9. The van der Waals surface area contributed by atoms with Gasteiger partial charge in [0, 0.05) is 55.4 Å². The van der Waals surface area contributed by atoms with E-state index in [4.69, 9.17) is 4.99 Å². The number of carbonyl (C=O) groups is 2. The van der Waals surface area contributed by atoms with E-state index in [0.29, 0.717) is 17.0 Å². The fraction of sp³-hybridized carbons (Fsp3) is 0.231. The van der Waals surface area contributed by atoms with Gasteiger partial charge in [-0.2, -0.15) is 0 Å². The van der Waals surface area contributed by atoms with Gasteiger partial charge in [-0.1, -0.05) is 36.4 Å². The van der Waals surface area contributed by atoms with Crippen LogP contribution in [0.5, 0.6) is 0 Å². The molecule has 172 valence electrons. The van der Waals surface area contributed by atoms with Crippen molar-refractivity contribution in [1.82, 2.24) is 15.2 Å². The van der Waals surface area contributed by atoms with Crippen LogP contribution in [0.1, 0.15) is 21.5 Å². The van der Waals surface area contributed by atoms with Gasteiger partial charge in [-0.15, -0.1) is 0 Å². The predicted octanol–water partition coefficient (Wildman–Crippen LogP) is 2.38. The van der Waals surface area contributed by atoms with Crippen molar-refractivity contribution < 1.29 is 9.59 Å². The van der Waals surface area contributed by atoms with Gasteiger partial charge in [0.1, 0.15) is 0 Å². The van der Waals surface area contributed by atoms with E-state index in [1.165, 1.54) is 6.20 Å². The zero-order chi connectivity index (χ0) is 23.5. The second-order valence-corrected chi connectivity index (χ2v) is 8.44. The van der Waals surface area contributed by atoms with Gasteiger partial charge < -0.3 is 20.4 Å². The van der Waals surface area contributed by atoms with E-state index in [1.54, 1.807) is 18.3 Å². The fourth-order valence-corrected chi connectivity index (χ4v) is 4.27. The van der Waals surface area contributed by atoms with Gasteiger partial charge in [0.25, 0.3) is 11.8 Å². The van der Waals surface area contributed by atoms with E-state index in [1.807, 2.05) is 42.5 Å². The normalized spacial score (nSPS) is 18.4. The number of nitrogens with one attached hydrogen (secondary N) is 2. The van der Waals surface area contributed by atoms with Crippen molar-refractivity contribution in [3.8, 4) is 0 Å². The Hall–Kier alpha value is -4.04. The summed E-state index contributed by atoms with van der Waals surface area (Å²) in [6.45, 7) is 3.67. The van der Waals surface area contributed by atoms with E-state index >= 15 is 0 Å². The van der Waals surface area contributed by atoms with Gasteiger partial charge in [0.15, 0.2) is 0 Å². The Morgan fingerprint density at radius 2 is 1.79 bits per heavy atom. The molecule has 1 aromatic heterocycles. The number of likely N-dealkylation sites (N-methyl/N-ethyl adjacent to an activating group) is 1. The molecule has 3 heterocycles. The third-order valence-corrected chi connectivity index (χ3v) is 6.13. The summed E-state index contributed by atoms with van der Waals surface area (Å²) in [6.07, 6.45) is 1.97. The number of rotatable bonds is 4. The van der Waals surface area contributed by atoms with Crippen molar-refractivity contribution in [3.63, 3.8) is 0 Å². The van der Waals surface area contributed by atoms with Crippen LogP contribution < -0.4 is 15.5 Å². The summed E-state index contributed by atoms with van der Waals surface area (Å²) in [5, 5.41) is 5.76. The van der Waals surface area contributed by atoms with Crippen LogP contribution in [0, 0.1) is 0 Å². The fourth-order valence-electron chi connectivity index (χ4n) is 4.27. The molecular weight excluding hydrogens is 428 g/mol. The van der Waals surface area contributed by atoms with E-state index in [9.17, 15) is 9.59 Å². The molecule has 2 N–H and O–H groups in total. The Bertz CT molecular complexity index is 1220. The molecular formula is C26H26N6O2. The molecule has 34 heavy (non-hydrogen) atoms. The number of benzodiazepines with no additional fused rings is 1. The summed E-state index contributed by atoms with van der Waals surface area (Å²) >= 11 is 0. The smallest absolute Gasteiger partial charge is 0.269 e. The van der Waals surface area contributed by atoms with Crippen molar-refractivity contribution in [1.29, 1.82) is 0 Å². The minimum absolute atomic E-state index is 0.367. The first-order chi connectivity index (χ1) is 16.6. The summed E-state index contributed by atoms with van der Waals surface area (Å²) in [5.41, 5.74) is 4.48. The maximum atomic E-state index is 13.2. The van der Waals surface area contributed by atoms with Gasteiger partial charge >= 0.3 is 0 Å². The van der Waals surface area contributed by atoms with Crippen LogP contribution in [0.3, 0.4) is 0 Å². The molecule has 0 spiro atoms. The molecule has 3 aromatic rings. The van der Waals surface area contributed by atoms with Crippen LogP contribution in [0.15, 0.2) is 78.0 Å². The number of benzene rings is 2. The molecule has 2 aromatic carbocycles. The summed E-state index contributed by atoms with van der Waals surface area (Å²) in [4.78, 5) is 39.4. The first kappa shape index (κ1) is 21.8. The maximum Gasteiger partial charge on any atom is 0.269 e. The minimum atomic E-state index is -1.09. The van der Waals surface area contributed by atoms with Crippen LogP contribution in [-0.2, 0) is 4.79 Å². The average Bonchev–Trinajstić information content (AvgIpc) is 3.01. The molecule has 1 fully saturated rings. The van der Waals surface area contributed by atoms with Crippen LogP contribution in [0.2, 0.25) is 0 Å². The lowest BCUT2D eigenvalue weighted by atomic mass is 9.97. The molecule has 0 saturated carbocycles. The predicted molar refractivity (Wildman–Crippen MR) is 132 cm³/mol. The van der Waals surface area contributed by atoms with E-state index < -0.39 is 12.1 Å². The summed E-state index contributed by atoms with van der Waals surface area (Å²) in [5.74, 6) is -0.797. The highest BCUT2D eigenvalue weighted by molar-refractivity contribution is 6.22. The largest absolute Gasteiger partial charge is 0.368 e. The molecule has 0 aliphatic carbocycles. The Labute approximate surface area is 198 Å². The maximum absolute atomic E-state index is 13.2. The first-order valence-electron chi connectivity index (χ1n) is 11.3. The summed E-state index contributed by atoms with van der Waals surface area (Å²) < 4.78 is 0. The number of fused-ring (bicyclic) bond motifs is 1. The van der Waals surface area contributed by atoms with Crippen molar-refractivity contribution in [2.45, 2.75) is 6.17 Å². The molecule has 0 radical (unpaired) electrons. The number of pyridine rings is 1. The van der Waals surface area contributed by atoms with Gasteiger partial charge in [0.05, 0.1) is 17.0 Å². The van der Waals surface area contributed by atoms with Crippen LogP contribution in [-0.4, -0.2) is 66.8 Å². The number of amides is 2. The van der Waals surface area contributed by atoms with Crippen LogP contribution >= 0.6 is 0 Å². The highest BCUT2D eigenvalue weighted by Gasteiger charge is 2.30. The number of aliphatic imine (C=N–C) groups is 1. The second kappa shape index (κ2) is 9.44. The van der Waals surface area contributed by atoms with E-state index in [0.717, 1.165) is 43.0 Å². The number of carbonyl (C=O) groups excluding carboxylic acids is 2. The molecule has 2 aliphatic rings. The summed E-state index contributed by atoms with van der Waals surface area (Å²) in [7, 11) is 2.12. The topological polar surface area (TPSA) is 89.9 Å². The Kier molecular flexibility index (Phi) is 6.05. The highest BCUT2D eigenvalue weighted by Crippen LogP contribution is 2.33. The van der Waals surface area contributed by atoms with Crippen molar-refractivity contribution >= 4 is 28.9 Å². The molecule has 1 atom stereocenters. The molecule has 1 unspecified atom stereocenters. The number of aromatic nitrogens is 1. The number of piperazine rings is 1. The molecule has 0 bridgehead atoms. The van der Waals surface area contributed by atoms with Crippen molar-refractivity contribution in [2.24, 2.45) is 4.99 Å². The van der Waals surface area contributed by atoms with Crippen molar-refractivity contribution in [2.75, 3.05) is 43.4 Å². The van der Waals surface area contributed by atoms with E-state index in [2.05, 4.69) is 38.5 Å². The van der Waals surface area contributed by atoms with Crippen LogP contribution in [0.4, 0.5) is 11.4 Å². The lowest BCUT2D eigenvalue weighted by Gasteiger charge is -2.35. The quantitative estimate of drug-likeness (QED) is 0.632. The minimum Gasteiger partial charge on any atom is -0.368 e. The Balaban J connectivity index is 1.59. The molecule has 2 amide bonds. The Morgan fingerprint density at radius 3 is 2.53 bits per heavy atom. The second-order valence-electron chi connectivity index (χ2n) is 8.44. The zero-order valence-electron chi connectivity index (χ0n) is 18.9. The molecule has 8 nitrogen and oxygen atoms in total. The molecule has 1 saturated heterocycles. The van der Waals surface area contributed by atoms with Gasteiger partial charge in [-0.25, -0.2) is 4.99 Å². The SMILES string of the molecule is CN1CCN(c2cccc3c2C(c2ccccc2)=NC(NC(=O)c2cccnc2)C(=O)N3)CC1. The highest BCUT2D eigenvalue weighted by atomic mass is 16.2. The van der Waals surface area contributed by atoms with Gasteiger partial charge in [-0.3, -0.25) is 14.6 Å². The van der Waals surface area contributed by atoms with Crippen LogP contribution in [0.25, 0.3) is 0 Å². The van der Waals surface area contributed by atoms with Gasteiger partial charge in [0.2, 0.25) is 6.17 Å². The molecule has 8 heteroatoms. The van der Waals surface area contributed by atoms with E-state index in [-0.39, 0.29) is 5.91 Å². The number of nitrogens with zero attached hydrogens (tertiary/aromatic N) is 4. The monoisotopic (exact) mass is 454 g/mol. The number of anilines is 2. The Morgan fingerprint density at radius 1 is 1.00 bits per heavy atom. The first-order valence-corrected chi connectivity index (χ1v) is 11.3. The number of hydrogen-bond acceptors (Lipinski definition) is 6.